The van der Waals surface area contributed by atoms with Gasteiger partial charge in [0.05, 0.1) is 22.1 Å². The second kappa shape index (κ2) is 4.98. The number of halogens is 2. The maximum atomic E-state index is 6.19. The van der Waals surface area contributed by atoms with E-state index in [1.165, 1.54) is 0 Å². The Morgan fingerprint density at radius 2 is 1.82 bits per heavy atom. The van der Waals surface area contributed by atoms with Crippen LogP contribution >= 0.6 is 27.5 Å². The fourth-order valence-electron chi connectivity index (χ4n) is 1.73. The van der Waals surface area contributed by atoms with Crippen LogP contribution in [0.15, 0.2) is 46.9 Å². The number of para-hydroxylation sites is 2. The molecule has 88 valence electrons. The average Bonchev–Trinajstić information content (AvgIpc) is 2.29. The third kappa shape index (κ3) is 2.40. The topological polar surface area (TPSA) is 29.3 Å². The lowest BCUT2D eigenvalue weighted by molar-refractivity contribution is 1.20. The highest BCUT2D eigenvalue weighted by atomic mass is 79.9. The molecule has 0 aliphatic heterocycles. The summed E-state index contributed by atoms with van der Waals surface area (Å²) in [6, 6.07) is 13.5. The molecule has 0 heterocycles. The van der Waals surface area contributed by atoms with Crippen LogP contribution in [-0.2, 0) is 0 Å². The zero-order valence-corrected chi connectivity index (χ0v) is 11.7. The van der Waals surface area contributed by atoms with E-state index < -0.39 is 0 Å². The van der Waals surface area contributed by atoms with Crippen LogP contribution in [0.1, 0.15) is 0 Å². The number of hydrogen-bond acceptors (Lipinski definition) is 2. The molecule has 2 aromatic carbocycles. The first kappa shape index (κ1) is 12.3. The number of benzene rings is 2. The Morgan fingerprint density at radius 3 is 2.47 bits per heavy atom. The molecular weight excluding hydrogens is 300 g/mol. The Labute approximate surface area is 114 Å². The minimum absolute atomic E-state index is 0.642. The highest BCUT2D eigenvalue weighted by Crippen LogP contribution is 2.38. The zero-order valence-electron chi connectivity index (χ0n) is 9.32. The van der Waals surface area contributed by atoms with Crippen molar-refractivity contribution in [2.45, 2.75) is 0 Å². The minimum Gasteiger partial charge on any atom is -0.397 e. The maximum Gasteiger partial charge on any atom is 0.0831 e. The van der Waals surface area contributed by atoms with Crippen molar-refractivity contribution in [3.63, 3.8) is 0 Å². The first-order chi connectivity index (χ1) is 8.11. The fraction of sp³-hybridized carbons (Fsp3) is 0.0769. The van der Waals surface area contributed by atoms with Crippen molar-refractivity contribution in [3.05, 3.63) is 52.0 Å². The van der Waals surface area contributed by atoms with Gasteiger partial charge in [0.1, 0.15) is 0 Å². The van der Waals surface area contributed by atoms with E-state index in [1.54, 1.807) is 0 Å². The van der Waals surface area contributed by atoms with Gasteiger partial charge in [-0.25, -0.2) is 0 Å². The predicted octanol–water partition coefficient (Wildman–Crippen LogP) is 4.45. The molecule has 0 aliphatic rings. The van der Waals surface area contributed by atoms with Crippen LogP contribution in [0, 0.1) is 0 Å². The third-order valence-electron chi connectivity index (χ3n) is 2.57. The Hall–Kier alpha value is -1.19. The van der Waals surface area contributed by atoms with Gasteiger partial charge in [-0.1, -0.05) is 29.8 Å². The molecule has 4 heteroatoms. The summed E-state index contributed by atoms with van der Waals surface area (Å²) in [5.74, 6) is 0. The molecule has 0 unspecified atom stereocenters. The van der Waals surface area contributed by atoms with Crippen molar-refractivity contribution in [2.75, 3.05) is 17.7 Å². The summed E-state index contributed by atoms with van der Waals surface area (Å²) in [5.41, 5.74) is 8.47. The van der Waals surface area contributed by atoms with E-state index in [9.17, 15) is 0 Å². The maximum absolute atomic E-state index is 6.19. The quantitative estimate of drug-likeness (QED) is 0.830. The molecule has 0 fully saturated rings. The largest absolute Gasteiger partial charge is 0.397 e. The van der Waals surface area contributed by atoms with Gasteiger partial charge in [-0.3, -0.25) is 0 Å². The summed E-state index contributed by atoms with van der Waals surface area (Å²) in [7, 11) is 1.94. The van der Waals surface area contributed by atoms with Gasteiger partial charge in [-0.05, 0) is 40.2 Å². The highest BCUT2D eigenvalue weighted by molar-refractivity contribution is 9.10. The lowest BCUT2D eigenvalue weighted by Gasteiger charge is -2.23. The molecule has 2 rings (SSSR count). The Balaban J connectivity index is 2.51. The number of anilines is 3. The monoisotopic (exact) mass is 310 g/mol. The van der Waals surface area contributed by atoms with Gasteiger partial charge >= 0.3 is 0 Å². The average molecular weight is 312 g/mol. The zero-order chi connectivity index (χ0) is 12.4. The second-order valence-electron chi connectivity index (χ2n) is 3.69. The van der Waals surface area contributed by atoms with Gasteiger partial charge in [-0.15, -0.1) is 0 Å². The van der Waals surface area contributed by atoms with Crippen LogP contribution < -0.4 is 10.6 Å². The Bertz CT molecular complexity index is 522. The van der Waals surface area contributed by atoms with E-state index in [2.05, 4.69) is 15.9 Å². The lowest BCUT2D eigenvalue weighted by Crippen LogP contribution is -2.12. The number of hydrogen-bond donors (Lipinski definition) is 1. The molecule has 0 saturated heterocycles. The van der Waals surface area contributed by atoms with Crippen LogP contribution in [0.4, 0.5) is 17.1 Å². The smallest absolute Gasteiger partial charge is 0.0831 e. The van der Waals surface area contributed by atoms with Gasteiger partial charge < -0.3 is 10.6 Å². The predicted molar refractivity (Wildman–Crippen MR) is 78.1 cm³/mol. The fourth-order valence-corrected chi connectivity index (χ4v) is 2.59. The van der Waals surface area contributed by atoms with Crippen LogP contribution in [0.3, 0.4) is 0 Å². The lowest BCUT2D eigenvalue weighted by atomic mass is 10.2. The van der Waals surface area contributed by atoms with Crippen LogP contribution in [0.5, 0.6) is 0 Å². The molecule has 0 radical (unpaired) electrons. The van der Waals surface area contributed by atoms with E-state index in [0.29, 0.717) is 10.7 Å². The van der Waals surface area contributed by atoms with Crippen molar-refractivity contribution in [2.24, 2.45) is 0 Å². The normalized spacial score (nSPS) is 10.3. The molecule has 0 saturated carbocycles. The number of rotatable bonds is 2. The summed E-state index contributed by atoms with van der Waals surface area (Å²) in [5, 5.41) is 0.642. The van der Waals surface area contributed by atoms with E-state index in [0.717, 1.165) is 15.8 Å². The number of nitrogens with zero attached hydrogens (tertiary/aromatic N) is 1. The summed E-state index contributed by atoms with van der Waals surface area (Å²) < 4.78 is 1.00. The van der Waals surface area contributed by atoms with Crippen LogP contribution in [-0.4, -0.2) is 7.05 Å². The molecule has 0 bridgehead atoms. The first-order valence-corrected chi connectivity index (χ1v) is 6.30. The molecule has 2 nitrogen and oxygen atoms in total. The van der Waals surface area contributed by atoms with E-state index >= 15 is 0 Å². The standard InChI is InChI=1S/C13H12BrClN2/c1-17(12-8-3-2-5-9(12)14)13-10(15)6-4-7-11(13)16/h2-8H,16H2,1H3. The molecular formula is C13H12BrClN2. The molecule has 2 aromatic rings. The summed E-state index contributed by atoms with van der Waals surface area (Å²) >= 11 is 9.71. The molecule has 0 spiro atoms. The molecule has 17 heavy (non-hydrogen) atoms. The first-order valence-electron chi connectivity index (χ1n) is 5.13. The molecule has 2 N–H and O–H groups in total. The minimum atomic E-state index is 0.642. The third-order valence-corrected chi connectivity index (χ3v) is 3.54. The van der Waals surface area contributed by atoms with Crippen LogP contribution in [0.2, 0.25) is 5.02 Å². The number of nitrogens with two attached hydrogens (primary N) is 1. The van der Waals surface area contributed by atoms with Crippen molar-refractivity contribution in [1.29, 1.82) is 0 Å². The van der Waals surface area contributed by atoms with E-state index in [1.807, 2.05) is 54.4 Å². The van der Waals surface area contributed by atoms with Gasteiger partial charge in [0.15, 0.2) is 0 Å². The van der Waals surface area contributed by atoms with Gasteiger partial charge in [0.25, 0.3) is 0 Å². The van der Waals surface area contributed by atoms with Crippen molar-refractivity contribution >= 4 is 44.6 Å². The molecule has 0 amide bonds. The summed E-state index contributed by atoms with van der Waals surface area (Å²) in [6.45, 7) is 0. The van der Waals surface area contributed by atoms with E-state index in [4.69, 9.17) is 17.3 Å². The Kier molecular flexibility index (Phi) is 3.60. The van der Waals surface area contributed by atoms with Crippen molar-refractivity contribution < 1.29 is 0 Å². The summed E-state index contributed by atoms with van der Waals surface area (Å²) in [4.78, 5) is 1.97. The van der Waals surface area contributed by atoms with Gasteiger partial charge in [0.2, 0.25) is 0 Å². The number of nitrogen functional groups attached to an aromatic ring is 1. The van der Waals surface area contributed by atoms with Crippen molar-refractivity contribution in [3.8, 4) is 0 Å². The van der Waals surface area contributed by atoms with Crippen LogP contribution in [0.25, 0.3) is 0 Å². The second-order valence-corrected chi connectivity index (χ2v) is 4.95. The molecule has 0 aliphatic carbocycles. The van der Waals surface area contributed by atoms with Crippen molar-refractivity contribution in [1.82, 2.24) is 0 Å². The van der Waals surface area contributed by atoms with E-state index in [-0.39, 0.29) is 0 Å². The summed E-state index contributed by atoms with van der Waals surface area (Å²) in [6.07, 6.45) is 0. The SMILES string of the molecule is CN(c1ccccc1Br)c1c(N)cccc1Cl. The molecule has 0 atom stereocenters. The molecule has 0 aromatic heterocycles. The van der Waals surface area contributed by atoms with Gasteiger partial charge in [-0.2, -0.15) is 0 Å². The van der Waals surface area contributed by atoms with Gasteiger partial charge in [0, 0.05) is 11.5 Å². The highest BCUT2D eigenvalue weighted by Gasteiger charge is 2.13. The Morgan fingerprint density at radius 1 is 1.12 bits per heavy atom.